The minimum Gasteiger partial charge on any atom is -0.372 e. The molecule has 0 aromatic heterocycles. The number of morpholine rings is 1. The molecule has 0 aromatic rings. The first kappa shape index (κ1) is 12.0. The molecule has 1 amide bonds. The number of carbonyl (C=O) groups is 1. The van der Waals surface area contributed by atoms with Crippen molar-refractivity contribution in [2.75, 3.05) is 19.7 Å². The lowest BCUT2D eigenvalue weighted by Crippen LogP contribution is -2.54. The molecule has 0 radical (unpaired) electrons. The molecule has 0 bridgehead atoms. The first-order valence-electron chi connectivity index (χ1n) is 4.85. The first-order chi connectivity index (χ1) is 6.22. The van der Waals surface area contributed by atoms with Crippen molar-refractivity contribution in [3.05, 3.63) is 0 Å². The fraction of sp³-hybridized carbons (Fsp3) is 0.900. The molecule has 14 heavy (non-hydrogen) atoms. The van der Waals surface area contributed by atoms with E-state index in [-0.39, 0.29) is 11.5 Å². The van der Waals surface area contributed by atoms with Gasteiger partial charge >= 0.3 is 0 Å². The number of nitrogens with zero attached hydrogens (tertiary/aromatic N) is 1. The highest BCUT2D eigenvalue weighted by Crippen LogP contribution is 2.23. The molecule has 82 valence electrons. The molecule has 0 N–H and O–H groups in total. The highest BCUT2D eigenvalue weighted by Gasteiger charge is 2.35. The maximum Gasteiger partial charge on any atom is 0.239 e. The zero-order chi connectivity index (χ0) is 11.0. The van der Waals surface area contributed by atoms with Crippen molar-refractivity contribution in [1.82, 2.24) is 4.90 Å². The van der Waals surface area contributed by atoms with Crippen LogP contribution in [-0.4, -0.2) is 40.4 Å². The van der Waals surface area contributed by atoms with Gasteiger partial charge in [-0.3, -0.25) is 4.79 Å². The molecule has 0 aromatic carbocycles. The van der Waals surface area contributed by atoms with Gasteiger partial charge in [0.25, 0.3) is 0 Å². The van der Waals surface area contributed by atoms with Gasteiger partial charge in [0.1, 0.15) is 0 Å². The van der Waals surface area contributed by atoms with Crippen LogP contribution in [0.1, 0.15) is 27.7 Å². The Labute approximate surface area is 93.9 Å². The Morgan fingerprint density at radius 2 is 2.07 bits per heavy atom. The Hall–Kier alpha value is -0.0900. The van der Waals surface area contributed by atoms with Crippen LogP contribution >= 0.6 is 15.9 Å². The highest BCUT2D eigenvalue weighted by molar-refractivity contribution is 9.10. The molecule has 3 nitrogen and oxygen atoms in total. The summed E-state index contributed by atoms with van der Waals surface area (Å²) < 4.78 is 5.08. The van der Waals surface area contributed by atoms with Gasteiger partial charge in [0, 0.05) is 13.1 Å². The van der Waals surface area contributed by atoms with E-state index in [2.05, 4.69) is 15.9 Å². The van der Waals surface area contributed by atoms with Crippen LogP contribution in [0.15, 0.2) is 0 Å². The van der Waals surface area contributed by atoms with Gasteiger partial charge in [-0.2, -0.15) is 0 Å². The SMILES string of the molecule is CC1(C)CN(C(=O)C(C)(C)Br)CCO1. The minimum atomic E-state index is -0.472. The smallest absolute Gasteiger partial charge is 0.239 e. The molecule has 1 aliphatic rings. The monoisotopic (exact) mass is 263 g/mol. The summed E-state index contributed by atoms with van der Waals surface area (Å²) in [6, 6.07) is 0. The third-order valence-corrected chi connectivity index (χ3v) is 2.56. The lowest BCUT2D eigenvalue weighted by Gasteiger charge is -2.40. The van der Waals surface area contributed by atoms with E-state index in [0.717, 1.165) is 0 Å². The van der Waals surface area contributed by atoms with Crippen LogP contribution in [0.25, 0.3) is 0 Å². The molecular formula is C10H18BrNO2. The van der Waals surface area contributed by atoms with Crippen molar-refractivity contribution < 1.29 is 9.53 Å². The second kappa shape index (κ2) is 3.81. The number of rotatable bonds is 1. The molecule has 1 fully saturated rings. The fourth-order valence-corrected chi connectivity index (χ4v) is 1.82. The zero-order valence-electron chi connectivity index (χ0n) is 9.26. The van der Waals surface area contributed by atoms with Gasteiger partial charge in [-0.25, -0.2) is 0 Å². The van der Waals surface area contributed by atoms with Crippen LogP contribution in [0, 0.1) is 0 Å². The first-order valence-corrected chi connectivity index (χ1v) is 5.64. The molecule has 0 saturated carbocycles. The van der Waals surface area contributed by atoms with E-state index in [0.29, 0.717) is 19.7 Å². The highest BCUT2D eigenvalue weighted by atomic mass is 79.9. The topological polar surface area (TPSA) is 29.5 Å². The summed E-state index contributed by atoms with van der Waals surface area (Å²) in [5, 5.41) is 0. The van der Waals surface area contributed by atoms with Crippen molar-refractivity contribution in [3.8, 4) is 0 Å². The van der Waals surface area contributed by atoms with Gasteiger partial charge in [-0.15, -0.1) is 0 Å². The molecular weight excluding hydrogens is 246 g/mol. The molecule has 4 heteroatoms. The van der Waals surface area contributed by atoms with E-state index in [1.165, 1.54) is 0 Å². The molecule has 0 atom stereocenters. The molecule has 1 heterocycles. The van der Waals surface area contributed by atoms with E-state index >= 15 is 0 Å². The van der Waals surface area contributed by atoms with Crippen molar-refractivity contribution in [2.45, 2.75) is 37.6 Å². The summed E-state index contributed by atoms with van der Waals surface area (Å²) in [7, 11) is 0. The quantitative estimate of drug-likeness (QED) is 0.676. The third-order valence-electron chi connectivity index (χ3n) is 2.22. The standard InChI is InChI=1S/C10H18BrNO2/c1-9(2)7-12(5-6-14-9)8(13)10(3,4)11/h5-7H2,1-4H3. The maximum absolute atomic E-state index is 11.9. The van der Waals surface area contributed by atoms with E-state index < -0.39 is 4.32 Å². The number of hydrogen-bond acceptors (Lipinski definition) is 2. The second-order valence-electron chi connectivity index (χ2n) is 4.81. The van der Waals surface area contributed by atoms with Gasteiger partial charge in [0.15, 0.2) is 0 Å². The van der Waals surface area contributed by atoms with Crippen molar-refractivity contribution in [3.63, 3.8) is 0 Å². The Morgan fingerprint density at radius 3 is 2.50 bits per heavy atom. The predicted octanol–water partition coefficient (Wildman–Crippen LogP) is 1.80. The predicted molar refractivity (Wildman–Crippen MR) is 59.6 cm³/mol. The average Bonchev–Trinajstić information content (AvgIpc) is 1.99. The van der Waals surface area contributed by atoms with Crippen molar-refractivity contribution in [1.29, 1.82) is 0 Å². The fourth-order valence-electron chi connectivity index (χ4n) is 1.57. The molecule has 1 saturated heterocycles. The normalized spacial score (nSPS) is 22.2. The summed E-state index contributed by atoms with van der Waals surface area (Å²) in [6.07, 6.45) is 0. The number of alkyl halides is 1. The van der Waals surface area contributed by atoms with E-state index in [1.54, 1.807) is 0 Å². The lowest BCUT2D eigenvalue weighted by atomic mass is 10.1. The van der Waals surface area contributed by atoms with Crippen LogP contribution in [0.3, 0.4) is 0 Å². The van der Waals surface area contributed by atoms with E-state index in [9.17, 15) is 4.79 Å². The third kappa shape index (κ3) is 2.95. The summed E-state index contributed by atoms with van der Waals surface area (Å²) >= 11 is 3.38. The Kier molecular flexibility index (Phi) is 3.26. The van der Waals surface area contributed by atoms with Crippen LogP contribution in [-0.2, 0) is 9.53 Å². The van der Waals surface area contributed by atoms with Gasteiger partial charge < -0.3 is 9.64 Å². The summed E-state index contributed by atoms with van der Waals surface area (Å²) in [5.74, 6) is 0.133. The van der Waals surface area contributed by atoms with Crippen molar-refractivity contribution in [2.24, 2.45) is 0 Å². The van der Waals surface area contributed by atoms with Crippen LogP contribution in [0.2, 0.25) is 0 Å². The Balaban J connectivity index is 2.66. The molecule has 0 aliphatic carbocycles. The largest absolute Gasteiger partial charge is 0.372 e. The Bertz CT molecular complexity index is 233. The average molecular weight is 264 g/mol. The maximum atomic E-state index is 11.9. The lowest BCUT2D eigenvalue weighted by molar-refractivity contribution is -0.147. The van der Waals surface area contributed by atoms with Gasteiger partial charge in [-0.1, -0.05) is 15.9 Å². The number of carbonyl (C=O) groups excluding carboxylic acids is 1. The molecule has 0 unspecified atom stereocenters. The summed E-state index contributed by atoms with van der Waals surface area (Å²) in [4.78, 5) is 13.8. The Morgan fingerprint density at radius 1 is 1.50 bits per heavy atom. The van der Waals surface area contributed by atoms with Crippen LogP contribution in [0.5, 0.6) is 0 Å². The van der Waals surface area contributed by atoms with Gasteiger partial charge in [0.2, 0.25) is 5.91 Å². The van der Waals surface area contributed by atoms with Gasteiger partial charge in [-0.05, 0) is 27.7 Å². The van der Waals surface area contributed by atoms with E-state index in [1.807, 2.05) is 32.6 Å². The molecule has 1 aliphatic heterocycles. The summed E-state index contributed by atoms with van der Waals surface area (Å²) in [5.41, 5.74) is -0.216. The second-order valence-corrected chi connectivity index (χ2v) is 6.79. The number of ether oxygens (including phenoxy) is 1. The summed E-state index contributed by atoms with van der Waals surface area (Å²) in [6.45, 7) is 9.75. The minimum absolute atomic E-state index is 0.133. The number of hydrogen-bond donors (Lipinski definition) is 0. The van der Waals surface area contributed by atoms with Gasteiger partial charge in [0.05, 0.1) is 16.5 Å². The molecule has 0 spiro atoms. The van der Waals surface area contributed by atoms with Crippen LogP contribution < -0.4 is 0 Å². The number of halogens is 1. The molecule has 1 rings (SSSR count). The van der Waals surface area contributed by atoms with Crippen LogP contribution in [0.4, 0.5) is 0 Å². The van der Waals surface area contributed by atoms with E-state index in [4.69, 9.17) is 4.74 Å². The number of amides is 1. The zero-order valence-corrected chi connectivity index (χ0v) is 10.8. The van der Waals surface area contributed by atoms with Crippen molar-refractivity contribution >= 4 is 21.8 Å².